The number of hydrogen-bond acceptors (Lipinski definition) is 6. The minimum absolute atomic E-state index is 0.0900. The van der Waals surface area contributed by atoms with E-state index in [1.54, 1.807) is 48.5 Å². The summed E-state index contributed by atoms with van der Waals surface area (Å²) in [7, 11) is 1.48. The normalized spacial score (nSPS) is 10.2. The van der Waals surface area contributed by atoms with Crippen LogP contribution in [0.3, 0.4) is 0 Å². The molecule has 0 saturated heterocycles. The average Bonchev–Trinajstić information content (AvgIpc) is 2.69. The van der Waals surface area contributed by atoms with E-state index in [9.17, 15) is 9.59 Å². The number of benzene rings is 2. The minimum atomic E-state index is -0.627. The van der Waals surface area contributed by atoms with Crippen molar-refractivity contribution in [2.24, 2.45) is 0 Å². The van der Waals surface area contributed by atoms with Gasteiger partial charge in [0.25, 0.3) is 0 Å². The Balaban J connectivity index is 1.93. The molecule has 0 aliphatic carbocycles. The van der Waals surface area contributed by atoms with E-state index in [1.807, 2.05) is 6.07 Å². The fraction of sp³-hybridized carbons (Fsp3) is 0.150. The first-order chi connectivity index (χ1) is 12.6. The van der Waals surface area contributed by atoms with Crippen LogP contribution in [0.15, 0.2) is 54.6 Å². The summed E-state index contributed by atoms with van der Waals surface area (Å²) >= 11 is 0. The Kier molecular flexibility index (Phi) is 6.95. The average molecular weight is 351 g/mol. The summed E-state index contributed by atoms with van der Waals surface area (Å²) in [5.41, 5.74) is 1.17. The molecule has 2 aromatic carbocycles. The van der Waals surface area contributed by atoms with Crippen LogP contribution in [0.1, 0.15) is 15.9 Å². The van der Waals surface area contributed by atoms with Crippen LogP contribution < -0.4 is 9.47 Å². The highest BCUT2D eigenvalue weighted by atomic mass is 16.5. The number of esters is 1. The maximum atomic E-state index is 11.9. The zero-order valence-corrected chi connectivity index (χ0v) is 14.2. The van der Waals surface area contributed by atoms with Gasteiger partial charge in [0, 0.05) is 11.6 Å². The Bertz CT molecular complexity index is 837. The lowest BCUT2D eigenvalue weighted by atomic mass is 10.1. The molecule has 0 aromatic heterocycles. The summed E-state index contributed by atoms with van der Waals surface area (Å²) in [6.45, 7) is -0.412. The fourth-order valence-corrected chi connectivity index (χ4v) is 2.07. The summed E-state index contributed by atoms with van der Waals surface area (Å²) in [6.07, 6.45) is 2.76. The zero-order chi connectivity index (χ0) is 18.8. The third-order valence-electron chi connectivity index (χ3n) is 3.33. The number of methoxy groups -OCH3 is 1. The van der Waals surface area contributed by atoms with Crippen LogP contribution >= 0.6 is 0 Å². The van der Waals surface area contributed by atoms with Crippen molar-refractivity contribution in [1.82, 2.24) is 0 Å². The van der Waals surface area contributed by atoms with E-state index in [0.29, 0.717) is 22.6 Å². The van der Waals surface area contributed by atoms with Gasteiger partial charge in [-0.2, -0.15) is 5.26 Å². The van der Waals surface area contributed by atoms with Gasteiger partial charge in [0.05, 0.1) is 7.11 Å². The Morgan fingerprint density at radius 3 is 2.58 bits per heavy atom. The van der Waals surface area contributed by atoms with Crippen molar-refractivity contribution in [2.45, 2.75) is 0 Å². The minimum Gasteiger partial charge on any atom is -0.493 e. The Morgan fingerprint density at radius 1 is 1.12 bits per heavy atom. The van der Waals surface area contributed by atoms with Crippen molar-refractivity contribution in [2.75, 3.05) is 20.3 Å². The van der Waals surface area contributed by atoms with Gasteiger partial charge in [-0.1, -0.05) is 36.4 Å². The first-order valence-electron chi connectivity index (χ1n) is 7.75. The molecule has 26 heavy (non-hydrogen) atoms. The lowest BCUT2D eigenvalue weighted by Gasteiger charge is -2.08. The quantitative estimate of drug-likeness (QED) is 0.413. The number of Topliss-reactive ketones (excluding diaryl/α,β-unsaturated/α-hetero) is 1. The number of carbonyl (C=O) groups excluding carboxylic acids is 2. The Morgan fingerprint density at radius 2 is 1.88 bits per heavy atom. The highest BCUT2D eigenvalue weighted by Crippen LogP contribution is 2.28. The van der Waals surface area contributed by atoms with E-state index in [-0.39, 0.29) is 19.0 Å². The molecule has 0 amide bonds. The number of ether oxygens (including phenoxy) is 3. The summed E-state index contributed by atoms with van der Waals surface area (Å²) in [5, 5.41) is 8.55. The van der Waals surface area contributed by atoms with Gasteiger partial charge >= 0.3 is 5.97 Å². The maximum Gasteiger partial charge on any atom is 0.331 e. The van der Waals surface area contributed by atoms with Gasteiger partial charge in [0.2, 0.25) is 0 Å². The number of ketones is 1. The predicted octanol–water partition coefficient (Wildman–Crippen LogP) is 3.04. The number of hydrogen-bond donors (Lipinski definition) is 0. The van der Waals surface area contributed by atoms with Crippen LogP contribution in [0.2, 0.25) is 0 Å². The topological polar surface area (TPSA) is 85.6 Å². The van der Waals surface area contributed by atoms with Crippen LogP contribution in [0, 0.1) is 11.3 Å². The molecule has 0 atom stereocenters. The van der Waals surface area contributed by atoms with E-state index in [4.69, 9.17) is 19.5 Å². The molecule has 2 aromatic rings. The van der Waals surface area contributed by atoms with Crippen molar-refractivity contribution >= 4 is 17.8 Å². The van der Waals surface area contributed by atoms with Gasteiger partial charge in [-0.3, -0.25) is 4.79 Å². The second-order valence-electron chi connectivity index (χ2n) is 5.09. The molecule has 6 heteroatoms. The SMILES string of the molecule is COc1cc(/C=C/C(=O)OCC(=O)c2ccccc2)ccc1OCC#N. The van der Waals surface area contributed by atoms with E-state index >= 15 is 0 Å². The molecule has 2 rings (SSSR count). The molecule has 0 spiro atoms. The standard InChI is InChI=1S/C20H17NO5/c1-24-19-13-15(7-9-18(19)25-12-11-21)8-10-20(23)26-14-17(22)16-5-3-2-4-6-16/h2-10,13H,12,14H2,1H3/b10-8+. The molecule has 132 valence electrons. The molecule has 0 unspecified atom stereocenters. The second kappa shape index (κ2) is 9.64. The number of nitriles is 1. The molecule has 0 aliphatic rings. The van der Waals surface area contributed by atoms with Crippen LogP contribution in [0.4, 0.5) is 0 Å². The summed E-state index contributed by atoms with van der Waals surface area (Å²) < 4.78 is 15.4. The Hall–Kier alpha value is -3.59. The van der Waals surface area contributed by atoms with Crippen molar-refractivity contribution in [3.8, 4) is 17.6 Å². The molecule has 0 N–H and O–H groups in total. The lowest BCUT2D eigenvalue weighted by molar-refractivity contribution is -0.136. The van der Waals surface area contributed by atoms with Gasteiger partial charge < -0.3 is 14.2 Å². The van der Waals surface area contributed by atoms with Gasteiger partial charge in [-0.15, -0.1) is 0 Å². The van der Waals surface area contributed by atoms with Crippen molar-refractivity contribution in [1.29, 1.82) is 5.26 Å². The Labute approximate surface area is 151 Å². The van der Waals surface area contributed by atoms with Gasteiger partial charge in [-0.25, -0.2) is 4.79 Å². The summed E-state index contributed by atoms with van der Waals surface area (Å²) in [6, 6.07) is 15.5. The molecule has 0 radical (unpaired) electrons. The highest BCUT2D eigenvalue weighted by molar-refractivity contribution is 5.98. The van der Waals surface area contributed by atoms with Crippen LogP contribution in [-0.2, 0) is 9.53 Å². The van der Waals surface area contributed by atoms with Crippen molar-refractivity contribution < 1.29 is 23.8 Å². The molecular formula is C20H17NO5. The summed E-state index contributed by atoms with van der Waals surface area (Å²) in [5.74, 6) is -0.0247. The smallest absolute Gasteiger partial charge is 0.331 e. The number of carbonyl (C=O) groups is 2. The first-order valence-corrected chi connectivity index (χ1v) is 7.75. The molecule has 6 nitrogen and oxygen atoms in total. The fourth-order valence-electron chi connectivity index (χ4n) is 2.07. The van der Waals surface area contributed by atoms with E-state index < -0.39 is 5.97 Å². The van der Waals surface area contributed by atoms with Crippen LogP contribution in [-0.4, -0.2) is 32.1 Å². The predicted molar refractivity (Wildman–Crippen MR) is 94.9 cm³/mol. The number of rotatable bonds is 8. The van der Waals surface area contributed by atoms with Crippen molar-refractivity contribution in [3.63, 3.8) is 0 Å². The first kappa shape index (κ1) is 18.7. The van der Waals surface area contributed by atoms with E-state index in [1.165, 1.54) is 19.3 Å². The molecule has 0 bridgehead atoms. The second-order valence-corrected chi connectivity index (χ2v) is 5.09. The van der Waals surface area contributed by atoms with Gasteiger partial charge in [0.15, 0.2) is 30.5 Å². The zero-order valence-electron chi connectivity index (χ0n) is 14.2. The van der Waals surface area contributed by atoms with Crippen LogP contribution in [0.5, 0.6) is 11.5 Å². The highest BCUT2D eigenvalue weighted by Gasteiger charge is 2.08. The number of nitrogens with zero attached hydrogens (tertiary/aromatic N) is 1. The van der Waals surface area contributed by atoms with E-state index in [0.717, 1.165) is 0 Å². The van der Waals surface area contributed by atoms with Crippen molar-refractivity contribution in [3.05, 3.63) is 65.7 Å². The molecule has 0 saturated carbocycles. The molecular weight excluding hydrogens is 334 g/mol. The van der Waals surface area contributed by atoms with Gasteiger partial charge in [0.1, 0.15) is 6.07 Å². The van der Waals surface area contributed by atoms with Gasteiger partial charge in [-0.05, 0) is 23.8 Å². The molecule has 0 aliphatic heterocycles. The largest absolute Gasteiger partial charge is 0.493 e. The maximum absolute atomic E-state index is 11.9. The monoisotopic (exact) mass is 351 g/mol. The summed E-state index contributed by atoms with van der Waals surface area (Å²) in [4.78, 5) is 23.6. The van der Waals surface area contributed by atoms with Crippen LogP contribution in [0.25, 0.3) is 6.08 Å². The molecule has 0 heterocycles. The van der Waals surface area contributed by atoms with E-state index in [2.05, 4.69) is 0 Å². The third-order valence-corrected chi connectivity index (χ3v) is 3.33. The molecule has 0 fully saturated rings. The third kappa shape index (κ3) is 5.49. The lowest BCUT2D eigenvalue weighted by Crippen LogP contribution is -2.12.